The van der Waals surface area contributed by atoms with E-state index in [0.717, 1.165) is 6.42 Å². The maximum Gasteiger partial charge on any atom is 0.311 e. The van der Waals surface area contributed by atoms with Gasteiger partial charge in [-0.3, -0.25) is 10.1 Å². The van der Waals surface area contributed by atoms with E-state index in [1.54, 1.807) is 0 Å². The third-order valence-corrected chi connectivity index (χ3v) is 3.85. The van der Waals surface area contributed by atoms with E-state index >= 15 is 0 Å². The Bertz CT molecular complexity index is 984. The van der Waals surface area contributed by atoms with Crippen LogP contribution in [0.2, 0.25) is 5.02 Å². The Balaban J connectivity index is 2.07. The molecule has 0 bridgehead atoms. The van der Waals surface area contributed by atoms with E-state index in [9.17, 15) is 14.5 Å². The average Bonchev–Trinajstić information content (AvgIpc) is 2.62. The molecule has 0 amide bonds. The van der Waals surface area contributed by atoms with Crippen LogP contribution in [0.5, 0.6) is 5.75 Å². The van der Waals surface area contributed by atoms with Gasteiger partial charge in [0.05, 0.1) is 27.5 Å². The normalized spacial score (nSPS) is 10.7. The molecule has 0 unspecified atom stereocenters. The Morgan fingerprint density at radius 1 is 1.31 bits per heavy atom. The van der Waals surface area contributed by atoms with Crippen LogP contribution in [0.1, 0.15) is 13.3 Å². The summed E-state index contributed by atoms with van der Waals surface area (Å²) in [6, 6.07) is 6.97. The van der Waals surface area contributed by atoms with Gasteiger partial charge in [0, 0.05) is 17.8 Å². The zero-order chi connectivity index (χ0) is 18.7. The number of ether oxygens (including phenoxy) is 1. The Hall–Kier alpha value is -3.00. The minimum absolute atomic E-state index is 0.0467. The maximum absolute atomic E-state index is 13.3. The summed E-state index contributed by atoms with van der Waals surface area (Å²) in [6.45, 7) is 2.27. The summed E-state index contributed by atoms with van der Waals surface area (Å²) >= 11 is 5.78. The van der Waals surface area contributed by atoms with Crippen molar-refractivity contribution >= 4 is 39.7 Å². The van der Waals surface area contributed by atoms with Crippen molar-refractivity contribution in [3.63, 3.8) is 0 Å². The zero-order valence-corrected chi connectivity index (χ0v) is 14.5. The predicted molar refractivity (Wildman–Crippen MR) is 96.7 cm³/mol. The van der Waals surface area contributed by atoms with Gasteiger partial charge in [0.25, 0.3) is 0 Å². The number of nitro benzene ring substituents is 1. The fraction of sp³-hybridized carbons (Fsp3) is 0.176. The van der Waals surface area contributed by atoms with Crippen molar-refractivity contribution in [1.82, 2.24) is 9.97 Å². The molecular formula is C17H14ClFN4O3. The van der Waals surface area contributed by atoms with Gasteiger partial charge in [-0.05, 0) is 24.6 Å². The van der Waals surface area contributed by atoms with Gasteiger partial charge in [-0.2, -0.15) is 0 Å². The van der Waals surface area contributed by atoms with E-state index in [2.05, 4.69) is 15.3 Å². The van der Waals surface area contributed by atoms with Gasteiger partial charge in [0.2, 0.25) is 0 Å². The fourth-order valence-electron chi connectivity index (χ4n) is 2.35. The van der Waals surface area contributed by atoms with E-state index < -0.39 is 10.7 Å². The van der Waals surface area contributed by atoms with Crippen molar-refractivity contribution in [2.75, 3.05) is 11.9 Å². The van der Waals surface area contributed by atoms with Crippen LogP contribution in [0.15, 0.2) is 36.7 Å². The number of fused-ring (bicyclic) bond motifs is 1. The van der Waals surface area contributed by atoms with Crippen molar-refractivity contribution < 1.29 is 14.1 Å². The number of nitro groups is 1. The summed E-state index contributed by atoms with van der Waals surface area (Å²) < 4.78 is 18.8. The maximum atomic E-state index is 13.3. The highest BCUT2D eigenvalue weighted by Gasteiger charge is 2.19. The molecule has 0 saturated heterocycles. The van der Waals surface area contributed by atoms with Gasteiger partial charge in [0.1, 0.15) is 18.0 Å². The van der Waals surface area contributed by atoms with Crippen LogP contribution in [0.3, 0.4) is 0 Å². The average molecular weight is 377 g/mol. The lowest BCUT2D eigenvalue weighted by atomic mass is 10.2. The SMILES string of the molecule is CCCOc1cc2ncnc(Nc3ccc(F)c(Cl)c3)c2cc1[N+](=O)[O-]. The fourth-order valence-corrected chi connectivity index (χ4v) is 2.53. The smallest absolute Gasteiger partial charge is 0.311 e. The Labute approximate surface area is 152 Å². The van der Waals surface area contributed by atoms with E-state index in [1.165, 1.54) is 36.7 Å². The molecule has 0 radical (unpaired) electrons. The molecule has 134 valence electrons. The molecule has 0 atom stereocenters. The van der Waals surface area contributed by atoms with E-state index in [0.29, 0.717) is 29.0 Å². The molecule has 0 aliphatic rings. The lowest BCUT2D eigenvalue weighted by molar-refractivity contribution is -0.385. The lowest BCUT2D eigenvalue weighted by Crippen LogP contribution is -2.01. The first-order valence-corrected chi connectivity index (χ1v) is 8.15. The minimum atomic E-state index is -0.543. The van der Waals surface area contributed by atoms with Crippen molar-refractivity contribution in [2.45, 2.75) is 13.3 Å². The number of aromatic nitrogens is 2. The summed E-state index contributed by atoms with van der Waals surface area (Å²) in [5, 5.41) is 14.8. The molecule has 7 nitrogen and oxygen atoms in total. The first-order valence-electron chi connectivity index (χ1n) is 7.77. The van der Waals surface area contributed by atoms with Gasteiger partial charge >= 0.3 is 5.69 Å². The van der Waals surface area contributed by atoms with Gasteiger partial charge in [0.15, 0.2) is 5.75 Å². The Morgan fingerprint density at radius 3 is 2.81 bits per heavy atom. The van der Waals surface area contributed by atoms with Gasteiger partial charge in [-0.25, -0.2) is 14.4 Å². The zero-order valence-electron chi connectivity index (χ0n) is 13.7. The van der Waals surface area contributed by atoms with Gasteiger partial charge in [-0.15, -0.1) is 0 Å². The Kier molecular flexibility index (Phi) is 5.13. The molecule has 0 aliphatic carbocycles. The molecule has 0 aliphatic heterocycles. The minimum Gasteiger partial charge on any atom is -0.487 e. The summed E-state index contributed by atoms with van der Waals surface area (Å²) in [4.78, 5) is 19.1. The highest BCUT2D eigenvalue weighted by Crippen LogP contribution is 2.35. The third-order valence-electron chi connectivity index (χ3n) is 3.56. The topological polar surface area (TPSA) is 90.2 Å². The van der Waals surface area contributed by atoms with Crippen molar-refractivity contribution in [3.8, 4) is 5.75 Å². The largest absolute Gasteiger partial charge is 0.487 e. The van der Waals surface area contributed by atoms with Crippen LogP contribution >= 0.6 is 11.6 Å². The highest BCUT2D eigenvalue weighted by atomic mass is 35.5. The lowest BCUT2D eigenvalue weighted by Gasteiger charge is -2.11. The number of nitrogens with zero attached hydrogens (tertiary/aromatic N) is 3. The van der Waals surface area contributed by atoms with E-state index in [1.807, 2.05) is 6.92 Å². The number of hydrogen-bond donors (Lipinski definition) is 1. The van der Waals surface area contributed by atoms with Crippen LogP contribution in [-0.4, -0.2) is 21.5 Å². The standard InChI is InChI=1S/C17H14ClFN4O3/c1-2-5-26-16-8-14-11(7-15(16)23(24)25)17(21-9-20-14)22-10-3-4-13(19)12(18)6-10/h3-4,6-9H,2,5H2,1H3,(H,20,21,22). The summed E-state index contributed by atoms with van der Waals surface area (Å²) in [6.07, 6.45) is 2.04. The van der Waals surface area contributed by atoms with E-state index in [4.69, 9.17) is 16.3 Å². The molecule has 9 heteroatoms. The summed E-state index contributed by atoms with van der Waals surface area (Å²) in [5.74, 6) is -0.0558. The molecule has 0 saturated carbocycles. The first-order chi connectivity index (χ1) is 12.5. The van der Waals surface area contributed by atoms with Crippen LogP contribution in [0.25, 0.3) is 10.9 Å². The number of benzene rings is 2. The number of nitrogens with one attached hydrogen (secondary N) is 1. The molecule has 26 heavy (non-hydrogen) atoms. The molecule has 0 spiro atoms. The van der Waals surface area contributed by atoms with E-state index in [-0.39, 0.29) is 16.5 Å². The van der Waals surface area contributed by atoms with Crippen LogP contribution in [0, 0.1) is 15.9 Å². The second kappa shape index (κ2) is 7.49. The number of anilines is 2. The quantitative estimate of drug-likeness (QED) is 0.488. The second-order valence-corrected chi connectivity index (χ2v) is 5.83. The molecule has 1 N–H and O–H groups in total. The Morgan fingerprint density at radius 2 is 2.12 bits per heavy atom. The summed E-state index contributed by atoms with van der Waals surface area (Å²) in [7, 11) is 0. The highest BCUT2D eigenvalue weighted by molar-refractivity contribution is 6.31. The molecule has 2 aromatic carbocycles. The number of halogens is 2. The third kappa shape index (κ3) is 3.65. The molecule has 3 aromatic rings. The van der Waals surface area contributed by atoms with Crippen LogP contribution in [0.4, 0.5) is 21.6 Å². The van der Waals surface area contributed by atoms with Crippen molar-refractivity contribution in [2.24, 2.45) is 0 Å². The molecule has 1 aromatic heterocycles. The van der Waals surface area contributed by atoms with Crippen LogP contribution < -0.4 is 10.1 Å². The van der Waals surface area contributed by atoms with Crippen molar-refractivity contribution in [1.29, 1.82) is 0 Å². The molecular weight excluding hydrogens is 363 g/mol. The molecule has 1 heterocycles. The summed E-state index contributed by atoms with van der Waals surface area (Å²) in [5.41, 5.74) is 0.790. The molecule has 3 rings (SSSR count). The van der Waals surface area contributed by atoms with Crippen LogP contribution in [-0.2, 0) is 0 Å². The second-order valence-electron chi connectivity index (χ2n) is 5.42. The monoisotopic (exact) mass is 376 g/mol. The first kappa shape index (κ1) is 17.8. The van der Waals surface area contributed by atoms with Gasteiger partial charge in [-0.1, -0.05) is 18.5 Å². The number of hydrogen-bond acceptors (Lipinski definition) is 6. The van der Waals surface area contributed by atoms with Gasteiger partial charge < -0.3 is 10.1 Å². The molecule has 0 fully saturated rings. The van der Waals surface area contributed by atoms with Crippen molar-refractivity contribution in [3.05, 3.63) is 57.6 Å². The predicted octanol–water partition coefficient (Wildman–Crippen LogP) is 4.86. The number of rotatable bonds is 6.